The van der Waals surface area contributed by atoms with Gasteiger partial charge in [-0.1, -0.05) is 45.0 Å². The molecule has 0 saturated carbocycles. The highest BCUT2D eigenvalue weighted by atomic mass is 16.2. The van der Waals surface area contributed by atoms with Crippen molar-refractivity contribution in [2.45, 2.75) is 46.1 Å². The standard InChI is InChI=1S/C18H25N3O/c1-6-16(15-9-7-14(8-10-15)12(2)3)19-18(22)17-11-13(4)20-21(17)5/h7-12,16H,6H2,1-5H3,(H,19,22)/t16-/m1/s1. The number of hydrogen-bond acceptors (Lipinski definition) is 2. The molecule has 0 saturated heterocycles. The number of nitrogens with one attached hydrogen (secondary N) is 1. The minimum Gasteiger partial charge on any atom is -0.344 e. The van der Waals surface area contributed by atoms with E-state index in [2.05, 4.69) is 55.5 Å². The van der Waals surface area contributed by atoms with Crippen molar-refractivity contribution in [1.82, 2.24) is 15.1 Å². The number of benzene rings is 1. The third-order valence-corrected chi connectivity index (χ3v) is 3.95. The van der Waals surface area contributed by atoms with E-state index in [1.807, 2.05) is 13.0 Å². The number of rotatable bonds is 5. The minimum atomic E-state index is -0.0807. The highest BCUT2D eigenvalue weighted by Gasteiger charge is 2.17. The molecule has 0 spiro atoms. The van der Waals surface area contributed by atoms with Gasteiger partial charge >= 0.3 is 0 Å². The third kappa shape index (κ3) is 3.56. The lowest BCUT2D eigenvalue weighted by molar-refractivity contribution is 0.0926. The van der Waals surface area contributed by atoms with Gasteiger partial charge in [0, 0.05) is 7.05 Å². The van der Waals surface area contributed by atoms with Crippen molar-refractivity contribution in [3.63, 3.8) is 0 Å². The van der Waals surface area contributed by atoms with Gasteiger partial charge in [-0.25, -0.2) is 0 Å². The largest absolute Gasteiger partial charge is 0.344 e. The van der Waals surface area contributed by atoms with E-state index in [0.717, 1.165) is 17.7 Å². The predicted octanol–water partition coefficient (Wildman–Crippen LogP) is 3.73. The van der Waals surface area contributed by atoms with Gasteiger partial charge < -0.3 is 5.32 Å². The molecule has 1 aromatic carbocycles. The summed E-state index contributed by atoms with van der Waals surface area (Å²) < 4.78 is 1.62. The molecule has 0 unspecified atom stereocenters. The van der Waals surface area contributed by atoms with Crippen molar-refractivity contribution in [2.75, 3.05) is 0 Å². The molecule has 0 bridgehead atoms. The molecule has 1 heterocycles. The smallest absolute Gasteiger partial charge is 0.270 e. The summed E-state index contributed by atoms with van der Waals surface area (Å²) in [5, 5.41) is 7.33. The van der Waals surface area contributed by atoms with Crippen molar-refractivity contribution in [3.05, 3.63) is 52.8 Å². The molecule has 1 N–H and O–H groups in total. The van der Waals surface area contributed by atoms with E-state index in [9.17, 15) is 4.79 Å². The van der Waals surface area contributed by atoms with Gasteiger partial charge in [-0.3, -0.25) is 9.48 Å². The SMILES string of the molecule is CC[C@@H](NC(=O)c1cc(C)nn1C)c1ccc(C(C)C)cc1. The fourth-order valence-electron chi connectivity index (χ4n) is 2.59. The van der Waals surface area contributed by atoms with Crippen LogP contribution in [0.2, 0.25) is 0 Å². The zero-order valence-corrected chi connectivity index (χ0v) is 14.1. The van der Waals surface area contributed by atoms with Crippen molar-refractivity contribution in [2.24, 2.45) is 7.05 Å². The van der Waals surface area contributed by atoms with Crippen molar-refractivity contribution >= 4 is 5.91 Å². The van der Waals surface area contributed by atoms with Crippen LogP contribution in [0, 0.1) is 6.92 Å². The Morgan fingerprint density at radius 2 is 1.82 bits per heavy atom. The summed E-state index contributed by atoms with van der Waals surface area (Å²) in [4.78, 5) is 12.4. The van der Waals surface area contributed by atoms with Gasteiger partial charge in [0.1, 0.15) is 5.69 Å². The number of carbonyl (C=O) groups excluding carboxylic acids is 1. The molecular weight excluding hydrogens is 274 g/mol. The normalized spacial score (nSPS) is 12.5. The van der Waals surface area contributed by atoms with Gasteiger partial charge in [0.15, 0.2) is 0 Å². The van der Waals surface area contributed by atoms with Gasteiger partial charge in [0.05, 0.1) is 11.7 Å². The molecule has 0 radical (unpaired) electrons. The fourth-order valence-corrected chi connectivity index (χ4v) is 2.59. The molecule has 22 heavy (non-hydrogen) atoms. The maximum absolute atomic E-state index is 12.4. The van der Waals surface area contributed by atoms with Gasteiger partial charge in [0.25, 0.3) is 5.91 Å². The first-order valence-electron chi connectivity index (χ1n) is 7.83. The molecule has 4 nitrogen and oxygen atoms in total. The number of aromatic nitrogens is 2. The quantitative estimate of drug-likeness (QED) is 0.914. The highest BCUT2D eigenvalue weighted by Crippen LogP contribution is 2.21. The number of nitrogens with zero attached hydrogens (tertiary/aromatic N) is 2. The Morgan fingerprint density at radius 1 is 1.23 bits per heavy atom. The van der Waals surface area contributed by atoms with Crippen LogP contribution in [0.5, 0.6) is 0 Å². The number of amides is 1. The Morgan fingerprint density at radius 3 is 2.27 bits per heavy atom. The molecule has 1 aromatic heterocycles. The van der Waals surface area contributed by atoms with Crippen LogP contribution in [0.1, 0.15) is 66.5 Å². The molecule has 1 amide bonds. The average molecular weight is 299 g/mol. The lowest BCUT2D eigenvalue weighted by atomic mass is 9.98. The molecule has 0 fully saturated rings. The fraction of sp³-hybridized carbons (Fsp3) is 0.444. The molecule has 0 aliphatic carbocycles. The Hall–Kier alpha value is -2.10. The second kappa shape index (κ2) is 6.77. The molecule has 4 heteroatoms. The van der Waals surface area contributed by atoms with E-state index >= 15 is 0 Å². The summed E-state index contributed by atoms with van der Waals surface area (Å²) >= 11 is 0. The summed E-state index contributed by atoms with van der Waals surface area (Å²) in [5.74, 6) is 0.434. The van der Waals surface area contributed by atoms with Crippen LogP contribution in [-0.2, 0) is 7.05 Å². The van der Waals surface area contributed by atoms with Crippen LogP contribution in [-0.4, -0.2) is 15.7 Å². The minimum absolute atomic E-state index is 0.0175. The van der Waals surface area contributed by atoms with Crippen LogP contribution in [0.4, 0.5) is 0 Å². The van der Waals surface area contributed by atoms with Crippen molar-refractivity contribution < 1.29 is 4.79 Å². The number of hydrogen-bond donors (Lipinski definition) is 1. The summed E-state index contributed by atoms with van der Waals surface area (Å²) in [6.07, 6.45) is 0.851. The summed E-state index contributed by atoms with van der Waals surface area (Å²) in [5.41, 5.74) is 3.89. The first kappa shape index (κ1) is 16.3. The van der Waals surface area contributed by atoms with Crippen molar-refractivity contribution in [3.8, 4) is 0 Å². The van der Waals surface area contributed by atoms with Crippen molar-refractivity contribution in [1.29, 1.82) is 0 Å². The third-order valence-electron chi connectivity index (χ3n) is 3.95. The molecule has 118 valence electrons. The zero-order chi connectivity index (χ0) is 16.3. The maximum atomic E-state index is 12.4. The first-order chi connectivity index (χ1) is 10.4. The molecule has 2 rings (SSSR count). The Labute approximate surface area is 132 Å². The molecule has 0 aliphatic rings. The zero-order valence-electron chi connectivity index (χ0n) is 14.1. The van der Waals surface area contributed by atoms with Gasteiger partial charge in [-0.2, -0.15) is 5.10 Å². The van der Waals surface area contributed by atoms with E-state index in [4.69, 9.17) is 0 Å². The average Bonchev–Trinajstić information content (AvgIpc) is 2.83. The van der Waals surface area contributed by atoms with E-state index in [1.165, 1.54) is 5.56 Å². The van der Waals surface area contributed by atoms with Crippen LogP contribution in [0.3, 0.4) is 0 Å². The summed E-state index contributed by atoms with van der Waals surface area (Å²) in [7, 11) is 1.79. The Bertz CT molecular complexity index is 641. The number of aryl methyl sites for hydroxylation is 2. The summed E-state index contributed by atoms with van der Waals surface area (Å²) in [6.45, 7) is 8.33. The van der Waals surface area contributed by atoms with Crippen LogP contribution < -0.4 is 5.32 Å². The van der Waals surface area contributed by atoms with Crippen LogP contribution >= 0.6 is 0 Å². The summed E-state index contributed by atoms with van der Waals surface area (Å²) in [6, 6.07) is 10.3. The second-order valence-corrected chi connectivity index (χ2v) is 6.05. The van der Waals surface area contributed by atoms with Crippen LogP contribution in [0.15, 0.2) is 30.3 Å². The lowest BCUT2D eigenvalue weighted by Gasteiger charge is -2.18. The van der Waals surface area contributed by atoms with E-state index in [1.54, 1.807) is 11.7 Å². The topological polar surface area (TPSA) is 46.9 Å². The van der Waals surface area contributed by atoms with E-state index in [0.29, 0.717) is 11.6 Å². The Balaban J connectivity index is 2.15. The number of carbonyl (C=O) groups is 1. The first-order valence-corrected chi connectivity index (χ1v) is 7.83. The predicted molar refractivity (Wildman–Crippen MR) is 89.0 cm³/mol. The molecular formula is C18H25N3O. The maximum Gasteiger partial charge on any atom is 0.270 e. The Kier molecular flexibility index (Phi) is 5.01. The molecule has 0 aliphatic heterocycles. The monoisotopic (exact) mass is 299 g/mol. The van der Waals surface area contributed by atoms with E-state index < -0.39 is 0 Å². The molecule has 2 aromatic rings. The van der Waals surface area contributed by atoms with Crippen LogP contribution in [0.25, 0.3) is 0 Å². The second-order valence-electron chi connectivity index (χ2n) is 6.05. The van der Waals surface area contributed by atoms with Gasteiger partial charge in [0.2, 0.25) is 0 Å². The highest BCUT2D eigenvalue weighted by molar-refractivity contribution is 5.92. The lowest BCUT2D eigenvalue weighted by Crippen LogP contribution is -2.29. The van der Waals surface area contributed by atoms with Gasteiger partial charge in [-0.05, 0) is 36.5 Å². The van der Waals surface area contributed by atoms with E-state index in [-0.39, 0.29) is 11.9 Å². The molecule has 1 atom stereocenters. The van der Waals surface area contributed by atoms with Gasteiger partial charge in [-0.15, -0.1) is 0 Å².